The van der Waals surface area contributed by atoms with Gasteiger partial charge in [-0.15, -0.1) is 11.3 Å². The lowest BCUT2D eigenvalue weighted by Crippen LogP contribution is -2.17. The predicted molar refractivity (Wildman–Crippen MR) is 97.2 cm³/mol. The highest BCUT2D eigenvalue weighted by Gasteiger charge is 2.10. The lowest BCUT2D eigenvalue weighted by atomic mass is 10.2. The highest BCUT2D eigenvalue weighted by atomic mass is 79.9. The van der Waals surface area contributed by atoms with Crippen molar-refractivity contribution in [2.45, 2.75) is 20.4 Å². The summed E-state index contributed by atoms with van der Waals surface area (Å²) in [5, 5.41) is 3.99. The number of benzene rings is 1. The van der Waals surface area contributed by atoms with Crippen molar-refractivity contribution in [1.29, 1.82) is 0 Å². The largest absolute Gasteiger partial charge is 0.329 e. The number of nitrogens with zero attached hydrogens (tertiary/aromatic N) is 3. The second-order valence-corrected chi connectivity index (χ2v) is 7.44. The van der Waals surface area contributed by atoms with E-state index in [0.717, 1.165) is 32.1 Å². The average Bonchev–Trinajstić information content (AvgIpc) is 3.08. The highest BCUT2D eigenvalue weighted by molar-refractivity contribution is 9.11. The van der Waals surface area contributed by atoms with Gasteiger partial charge < -0.3 is 4.57 Å². The third-order valence-electron chi connectivity index (χ3n) is 3.47. The number of carbonyl (C=O) groups is 1. The lowest BCUT2D eigenvalue weighted by Gasteiger charge is -2.02. The smallest absolute Gasteiger partial charge is 0.271 e. The lowest BCUT2D eigenvalue weighted by molar-refractivity contribution is 0.0955. The number of imidazole rings is 1. The van der Waals surface area contributed by atoms with Crippen molar-refractivity contribution in [2.75, 3.05) is 0 Å². The Kier molecular flexibility index (Phi) is 4.58. The molecular weight excluding hydrogens is 376 g/mol. The quantitative estimate of drug-likeness (QED) is 0.541. The molecule has 0 atom stereocenters. The van der Waals surface area contributed by atoms with Crippen LogP contribution in [-0.2, 0) is 6.54 Å². The fourth-order valence-electron chi connectivity index (χ4n) is 2.41. The molecule has 5 nitrogen and oxygen atoms in total. The monoisotopic (exact) mass is 390 g/mol. The number of hydrazone groups is 1. The van der Waals surface area contributed by atoms with E-state index in [0.29, 0.717) is 5.56 Å². The molecule has 0 aliphatic heterocycles. The van der Waals surface area contributed by atoms with Crippen LogP contribution in [0.3, 0.4) is 0 Å². The number of carbonyl (C=O) groups excluding carboxylic acids is 1. The van der Waals surface area contributed by atoms with Gasteiger partial charge in [0, 0.05) is 17.0 Å². The molecule has 0 bridgehead atoms. The van der Waals surface area contributed by atoms with Crippen LogP contribution in [0.1, 0.15) is 28.0 Å². The first-order valence-corrected chi connectivity index (χ1v) is 8.75. The molecular formula is C16H15BrN4OS. The number of fused-ring (bicyclic) bond motifs is 1. The number of thiophene rings is 1. The molecule has 118 valence electrons. The van der Waals surface area contributed by atoms with Crippen molar-refractivity contribution in [3.8, 4) is 0 Å². The number of hydrogen-bond acceptors (Lipinski definition) is 4. The van der Waals surface area contributed by atoms with Crippen molar-refractivity contribution in [2.24, 2.45) is 5.10 Å². The Bertz CT molecular complexity index is 897. The van der Waals surface area contributed by atoms with E-state index >= 15 is 0 Å². The average molecular weight is 391 g/mol. The minimum atomic E-state index is -0.248. The van der Waals surface area contributed by atoms with E-state index < -0.39 is 0 Å². The van der Waals surface area contributed by atoms with Gasteiger partial charge in [0.2, 0.25) is 0 Å². The standard InChI is InChI=1S/C16H15BrN4OS/c1-3-21-10(2)19-13-8-11(4-6-14(13)21)16(22)20-18-9-12-5-7-15(17)23-12/h4-9H,3H2,1-2H3,(H,20,22)/b18-9-. The molecule has 1 amide bonds. The summed E-state index contributed by atoms with van der Waals surface area (Å²) in [7, 11) is 0. The summed E-state index contributed by atoms with van der Waals surface area (Å²) in [6, 6.07) is 9.38. The molecule has 1 N–H and O–H groups in total. The van der Waals surface area contributed by atoms with E-state index in [9.17, 15) is 4.79 Å². The maximum Gasteiger partial charge on any atom is 0.271 e. The molecule has 0 saturated heterocycles. The van der Waals surface area contributed by atoms with Gasteiger partial charge in [0.1, 0.15) is 5.82 Å². The van der Waals surface area contributed by atoms with Gasteiger partial charge in [-0.1, -0.05) is 0 Å². The topological polar surface area (TPSA) is 59.3 Å². The van der Waals surface area contributed by atoms with Gasteiger partial charge in [-0.2, -0.15) is 5.10 Å². The molecule has 2 heterocycles. The number of hydrogen-bond donors (Lipinski definition) is 1. The molecule has 1 aromatic carbocycles. The number of aromatic nitrogens is 2. The minimum absolute atomic E-state index is 0.248. The summed E-state index contributed by atoms with van der Waals surface area (Å²) >= 11 is 4.93. The summed E-state index contributed by atoms with van der Waals surface area (Å²) in [5.41, 5.74) is 4.95. The summed E-state index contributed by atoms with van der Waals surface area (Å²) < 4.78 is 3.14. The van der Waals surface area contributed by atoms with Gasteiger partial charge in [-0.3, -0.25) is 4.79 Å². The van der Waals surface area contributed by atoms with Crippen LogP contribution in [0.5, 0.6) is 0 Å². The fraction of sp³-hybridized carbons (Fsp3) is 0.188. The summed E-state index contributed by atoms with van der Waals surface area (Å²) in [6.07, 6.45) is 1.63. The normalized spacial score (nSPS) is 11.4. The number of amides is 1. The first kappa shape index (κ1) is 15.9. The van der Waals surface area contributed by atoms with Gasteiger partial charge in [-0.05, 0) is 60.1 Å². The van der Waals surface area contributed by atoms with Crippen LogP contribution in [0.2, 0.25) is 0 Å². The molecule has 0 spiro atoms. The van der Waals surface area contributed by atoms with E-state index in [1.807, 2.05) is 25.1 Å². The molecule has 0 fully saturated rings. The second kappa shape index (κ2) is 6.64. The molecule has 0 unspecified atom stereocenters. The van der Waals surface area contributed by atoms with Gasteiger partial charge in [0.05, 0.1) is 21.0 Å². The predicted octanol–water partition coefficient (Wildman–Crippen LogP) is 3.95. The molecule has 0 saturated carbocycles. The van der Waals surface area contributed by atoms with Crippen molar-refractivity contribution in [1.82, 2.24) is 15.0 Å². The van der Waals surface area contributed by atoms with Gasteiger partial charge in [0.15, 0.2) is 0 Å². The Labute approximate surface area is 146 Å². The fourth-order valence-corrected chi connectivity index (χ4v) is 3.70. The Morgan fingerprint density at radius 1 is 1.43 bits per heavy atom. The molecule has 0 aliphatic carbocycles. The number of halogens is 1. The van der Waals surface area contributed by atoms with E-state index in [-0.39, 0.29) is 5.91 Å². The Morgan fingerprint density at radius 3 is 2.96 bits per heavy atom. The van der Waals surface area contributed by atoms with Crippen LogP contribution in [0.4, 0.5) is 0 Å². The zero-order valence-corrected chi connectivity index (χ0v) is 15.1. The Morgan fingerprint density at radius 2 is 2.26 bits per heavy atom. The number of aryl methyl sites for hydroxylation is 2. The van der Waals surface area contributed by atoms with Crippen LogP contribution in [0.25, 0.3) is 11.0 Å². The molecule has 7 heteroatoms. The van der Waals surface area contributed by atoms with Crippen LogP contribution >= 0.6 is 27.3 Å². The van der Waals surface area contributed by atoms with E-state index in [1.54, 1.807) is 29.7 Å². The first-order valence-electron chi connectivity index (χ1n) is 7.14. The Hall–Kier alpha value is -1.99. The SMILES string of the molecule is CCn1c(C)nc2cc(C(=O)N/N=C\c3ccc(Br)s3)ccc21. The molecule has 2 aromatic heterocycles. The van der Waals surface area contributed by atoms with E-state index in [4.69, 9.17) is 0 Å². The highest BCUT2D eigenvalue weighted by Crippen LogP contribution is 2.20. The van der Waals surface area contributed by atoms with Crippen molar-refractivity contribution >= 4 is 50.4 Å². The molecule has 0 aliphatic rings. The van der Waals surface area contributed by atoms with Crippen molar-refractivity contribution in [3.63, 3.8) is 0 Å². The van der Waals surface area contributed by atoms with E-state index in [1.165, 1.54) is 0 Å². The minimum Gasteiger partial charge on any atom is -0.329 e. The maximum atomic E-state index is 12.2. The van der Waals surface area contributed by atoms with Crippen LogP contribution in [0.15, 0.2) is 39.2 Å². The van der Waals surface area contributed by atoms with Crippen LogP contribution < -0.4 is 5.43 Å². The van der Waals surface area contributed by atoms with E-state index in [2.05, 4.69) is 42.9 Å². The second-order valence-electron chi connectivity index (χ2n) is 4.95. The molecule has 0 radical (unpaired) electrons. The molecule has 23 heavy (non-hydrogen) atoms. The molecule has 3 aromatic rings. The number of rotatable bonds is 4. The third-order valence-corrected chi connectivity index (χ3v) is 5.03. The zero-order chi connectivity index (χ0) is 16.4. The van der Waals surface area contributed by atoms with Crippen LogP contribution in [-0.4, -0.2) is 21.7 Å². The zero-order valence-electron chi connectivity index (χ0n) is 12.7. The Balaban J connectivity index is 1.77. The van der Waals surface area contributed by atoms with Crippen LogP contribution in [0, 0.1) is 6.92 Å². The van der Waals surface area contributed by atoms with Gasteiger partial charge in [-0.25, -0.2) is 10.4 Å². The van der Waals surface area contributed by atoms with Crippen molar-refractivity contribution in [3.05, 3.63) is 50.4 Å². The van der Waals surface area contributed by atoms with Crippen molar-refractivity contribution < 1.29 is 4.79 Å². The summed E-state index contributed by atoms with van der Waals surface area (Å²) in [6.45, 7) is 4.90. The summed E-state index contributed by atoms with van der Waals surface area (Å²) in [5.74, 6) is 0.698. The van der Waals surface area contributed by atoms with Gasteiger partial charge in [0.25, 0.3) is 5.91 Å². The van der Waals surface area contributed by atoms with Gasteiger partial charge >= 0.3 is 0 Å². The summed E-state index contributed by atoms with van der Waals surface area (Å²) in [4.78, 5) is 17.6. The maximum absolute atomic E-state index is 12.2. The molecule has 3 rings (SSSR count). The number of nitrogens with one attached hydrogen (secondary N) is 1. The first-order chi connectivity index (χ1) is 11.1. The third kappa shape index (κ3) is 3.35.